The molecule has 0 aliphatic rings. The third kappa shape index (κ3) is 2.83. The molecule has 0 aromatic carbocycles. The first-order valence-electron chi connectivity index (χ1n) is 5.43. The van der Waals surface area contributed by atoms with E-state index in [9.17, 15) is 14.9 Å². The molecular formula is C9H11ClN4O4. The van der Waals surface area contributed by atoms with Gasteiger partial charge in [-0.1, -0.05) is 0 Å². The van der Waals surface area contributed by atoms with Crippen molar-refractivity contribution in [2.24, 2.45) is 0 Å². The number of ether oxygens (including phenoxy) is 1. The summed E-state index contributed by atoms with van der Waals surface area (Å²) in [6, 6.07) is -0.910. The highest BCUT2D eigenvalue weighted by Crippen LogP contribution is 2.26. The minimum atomic E-state index is -0.910. The number of esters is 1. The second-order valence-corrected chi connectivity index (χ2v) is 3.61. The second kappa shape index (κ2) is 5.58. The van der Waals surface area contributed by atoms with Crippen LogP contribution in [-0.2, 0) is 9.53 Å². The van der Waals surface area contributed by atoms with Gasteiger partial charge in [-0.2, -0.15) is 4.98 Å². The number of aromatic nitrogens is 2. The van der Waals surface area contributed by atoms with E-state index in [1.807, 2.05) is 0 Å². The fourth-order valence-electron chi connectivity index (χ4n) is 1.17. The van der Waals surface area contributed by atoms with Crippen LogP contribution in [0.15, 0.2) is 6.20 Å². The molecule has 1 aromatic rings. The van der Waals surface area contributed by atoms with Gasteiger partial charge in [0.1, 0.15) is 12.2 Å². The average molecular weight is 276 g/mol. The van der Waals surface area contributed by atoms with Crippen molar-refractivity contribution in [2.45, 2.75) is 13.0 Å². The highest BCUT2D eigenvalue weighted by molar-refractivity contribution is 6.28. The third-order valence-corrected chi connectivity index (χ3v) is 2.38. The van der Waals surface area contributed by atoms with E-state index in [4.69, 9.17) is 13.0 Å². The van der Waals surface area contributed by atoms with E-state index >= 15 is 0 Å². The monoisotopic (exact) mass is 275 g/mol. The lowest BCUT2D eigenvalue weighted by atomic mass is 10.3. The Labute approximate surface area is 109 Å². The van der Waals surface area contributed by atoms with Crippen LogP contribution < -0.4 is 4.90 Å². The molecule has 1 atom stereocenters. The quantitative estimate of drug-likeness (QED) is 0.350. The van der Waals surface area contributed by atoms with Crippen molar-refractivity contribution in [3.05, 3.63) is 21.6 Å². The summed E-state index contributed by atoms with van der Waals surface area (Å²) in [6.45, 7) is 1.44. The molecule has 0 spiro atoms. The number of anilines is 1. The Morgan fingerprint density at radius 3 is 2.94 bits per heavy atom. The fraction of sp³-hybridized carbons (Fsp3) is 0.444. The van der Waals surface area contributed by atoms with Crippen molar-refractivity contribution < 1.29 is 15.8 Å². The SMILES string of the molecule is [2H]CN(c1nc(Cl)ncc1[N+](=O)[O-])[C@@H](C)C(=O)OC. The molecule has 0 N–H and O–H groups in total. The number of carbonyl (C=O) groups excluding carboxylic acids is 1. The van der Waals surface area contributed by atoms with Crippen LogP contribution in [-0.4, -0.2) is 41.0 Å². The van der Waals surface area contributed by atoms with E-state index in [0.717, 1.165) is 11.1 Å². The summed E-state index contributed by atoms with van der Waals surface area (Å²) < 4.78 is 11.9. The van der Waals surface area contributed by atoms with E-state index in [1.165, 1.54) is 14.0 Å². The molecule has 0 radical (unpaired) electrons. The van der Waals surface area contributed by atoms with Crippen LogP contribution in [0.4, 0.5) is 11.5 Å². The van der Waals surface area contributed by atoms with Gasteiger partial charge in [0.15, 0.2) is 0 Å². The molecule has 1 heterocycles. The second-order valence-electron chi connectivity index (χ2n) is 3.27. The van der Waals surface area contributed by atoms with Crippen molar-refractivity contribution in [2.75, 3.05) is 19.0 Å². The molecule has 98 valence electrons. The van der Waals surface area contributed by atoms with Gasteiger partial charge in [0.25, 0.3) is 0 Å². The smallest absolute Gasteiger partial charge is 0.329 e. The van der Waals surface area contributed by atoms with E-state index in [1.54, 1.807) is 0 Å². The largest absolute Gasteiger partial charge is 0.467 e. The number of carbonyl (C=O) groups is 1. The van der Waals surface area contributed by atoms with E-state index < -0.39 is 29.6 Å². The number of methoxy groups -OCH3 is 1. The van der Waals surface area contributed by atoms with Crippen LogP contribution in [0.5, 0.6) is 0 Å². The minimum absolute atomic E-state index is 0.196. The maximum absolute atomic E-state index is 11.5. The number of nitrogens with zero attached hydrogens (tertiary/aromatic N) is 4. The first kappa shape index (κ1) is 12.5. The number of hydrogen-bond donors (Lipinski definition) is 0. The minimum Gasteiger partial charge on any atom is -0.467 e. The predicted molar refractivity (Wildman–Crippen MR) is 63.6 cm³/mol. The highest BCUT2D eigenvalue weighted by atomic mass is 35.5. The number of halogens is 1. The molecule has 0 bridgehead atoms. The van der Waals surface area contributed by atoms with Gasteiger partial charge in [0, 0.05) is 8.39 Å². The summed E-state index contributed by atoms with van der Waals surface area (Å²) in [5, 5.41) is 10.7. The first-order chi connectivity index (χ1) is 8.92. The van der Waals surface area contributed by atoms with Crippen LogP contribution in [0.3, 0.4) is 0 Å². The number of rotatable bonds is 4. The van der Waals surface area contributed by atoms with Gasteiger partial charge >= 0.3 is 11.7 Å². The molecule has 0 amide bonds. The molecule has 8 nitrogen and oxygen atoms in total. The zero-order chi connectivity index (χ0) is 14.6. The van der Waals surface area contributed by atoms with Crippen LogP contribution in [0.2, 0.25) is 5.28 Å². The summed E-state index contributed by atoms with van der Waals surface area (Å²) in [6.07, 6.45) is 0.928. The number of hydrogen-bond acceptors (Lipinski definition) is 7. The molecule has 18 heavy (non-hydrogen) atoms. The molecule has 0 unspecified atom stereocenters. The summed E-state index contributed by atoms with van der Waals surface area (Å²) in [7, 11) is 0.757. The molecular weight excluding hydrogens is 264 g/mol. The maximum Gasteiger partial charge on any atom is 0.329 e. The van der Waals surface area contributed by atoms with Gasteiger partial charge in [-0.25, -0.2) is 9.78 Å². The zero-order valence-corrected chi connectivity index (χ0v) is 10.4. The molecule has 1 aromatic heterocycles. The Morgan fingerprint density at radius 2 is 2.44 bits per heavy atom. The number of likely N-dealkylation sites (N-methyl/N-ethyl adjacent to an activating group) is 1. The lowest BCUT2D eigenvalue weighted by Gasteiger charge is -2.23. The fourth-order valence-corrected chi connectivity index (χ4v) is 1.30. The van der Waals surface area contributed by atoms with Crippen LogP contribution >= 0.6 is 11.6 Å². The van der Waals surface area contributed by atoms with Gasteiger partial charge in [-0.05, 0) is 18.5 Å². The van der Waals surface area contributed by atoms with Crippen LogP contribution in [0.25, 0.3) is 0 Å². The summed E-state index contributed by atoms with van der Waals surface area (Å²) in [5.41, 5.74) is -0.438. The molecule has 0 fully saturated rings. The Kier molecular flexibility index (Phi) is 3.88. The molecule has 0 aliphatic heterocycles. The predicted octanol–water partition coefficient (Wildman–Crippen LogP) is 1.04. The van der Waals surface area contributed by atoms with Gasteiger partial charge in [0.2, 0.25) is 11.1 Å². The molecule has 0 saturated heterocycles. The third-order valence-electron chi connectivity index (χ3n) is 2.20. The van der Waals surface area contributed by atoms with Gasteiger partial charge in [0.05, 0.1) is 12.0 Å². The lowest BCUT2D eigenvalue weighted by molar-refractivity contribution is -0.384. The Balaban J connectivity index is 3.27. The zero-order valence-electron chi connectivity index (χ0n) is 10.7. The molecule has 0 aliphatic carbocycles. The number of nitro groups is 1. The van der Waals surface area contributed by atoms with Crippen molar-refractivity contribution >= 4 is 29.1 Å². The van der Waals surface area contributed by atoms with Crippen molar-refractivity contribution in [1.82, 2.24) is 9.97 Å². The maximum atomic E-state index is 11.5. The average Bonchev–Trinajstić information content (AvgIpc) is 2.38. The first-order valence-corrected chi connectivity index (χ1v) is 5.10. The van der Waals surface area contributed by atoms with Crippen LogP contribution in [0.1, 0.15) is 8.29 Å². The summed E-state index contributed by atoms with van der Waals surface area (Å²) in [4.78, 5) is 30.0. The summed E-state index contributed by atoms with van der Waals surface area (Å²) in [5.74, 6) is -0.839. The van der Waals surface area contributed by atoms with Crippen LogP contribution in [0, 0.1) is 10.1 Å². The Morgan fingerprint density at radius 1 is 1.78 bits per heavy atom. The van der Waals surface area contributed by atoms with Gasteiger partial charge in [-0.3, -0.25) is 10.1 Å². The topological polar surface area (TPSA) is 98.5 Å². The van der Waals surface area contributed by atoms with Gasteiger partial charge < -0.3 is 9.64 Å². The normalized spacial score (nSPS) is 12.5. The van der Waals surface area contributed by atoms with E-state index in [2.05, 4.69) is 14.7 Å². The van der Waals surface area contributed by atoms with E-state index in [-0.39, 0.29) is 11.1 Å². The molecule has 1 rings (SSSR count). The lowest BCUT2D eigenvalue weighted by Crippen LogP contribution is -2.37. The molecule has 0 saturated carbocycles. The van der Waals surface area contributed by atoms with E-state index in [0.29, 0.717) is 0 Å². The summed E-state index contributed by atoms with van der Waals surface area (Å²) >= 11 is 5.59. The Bertz CT molecular complexity index is 501. The van der Waals surface area contributed by atoms with Crippen molar-refractivity contribution in [3.8, 4) is 0 Å². The van der Waals surface area contributed by atoms with Gasteiger partial charge in [-0.15, -0.1) is 0 Å². The van der Waals surface area contributed by atoms with Crippen molar-refractivity contribution in [3.63, 3.8) is 0 Å². The Hall–Kier alpha value is -1.96. The van der Waals surface area contributed by atoms with Crippen molar-refractivity contribution in [1.29, 1.82) is 0 Å². The molecule has 9 heteroatoms. The highest BCUT2D eigenvalue weighted by Gasteiger charge is 2.27. The standard InChI is InChI=1S/C9H11ClN4O4/c1-5(8(15)18-3)13(2)7-6(14(16)17)4-11-9(10)12-7/h4-5H,1-3H3/t5-/m0/s1/i2D.